The number of hydrazone groups is 1. The Kier molecular flexibility index (Phi) is 4.57. The van der Waals surface area contributed by atoms with Gasteiger partial charge in [0.1, 0.15) is 5.15 Å². The van der Waals surface area contributed by atoms with E-state index in [1.807, 2.05) is 0 Å². The number of nitro benzene ring substituents is 1. The topological polar surface area (TPSA) is 97.5 Å². The second kappa shape index (κ2) is 6.58. The molecule has 1 aromatic carbocycles. The molecule has 7 nitrogen and oxygen atoms in total. The molecular weight excluding hydrogens is 296 g/mol. The number of para-hydroxylation sites is 1. The molecule has 0 unspecified atom stereocenters. The number of carbonyl (C=O) groups is 1. The SMILES string of the molecule is O=C(N/N=C/c1ccccc1[N+](=O)[O-])c1cccnc1Cl. The van der Waals surface area contributed by atoms with Crippen LogP contribution in [0.2, 0.25) is 5.15 Å². The van der Waals surface area contributed by atoms with Crippen molar-refractivity contribution in [3.8, 4) is 0 Å². The molecule has 106 valence electrons. The molecule has 0 atom stereocenters. The van der Waals surface area contributed by atoms with Crippen molar-refractivity contribution in [3.63, 3.8) is 0 Å². The maximum atomic E-state index is 11.8. The van der Waals surface area contributed by atoms with Gasteiger partial charge in [0.2, 0.25) is 0 Å². The fraction of sp³-hybridized carbons (Fsp3) is 0. The highest BCUT2D eigenvalue weighted by molar-refractivity contribution is 6.32. The predicted molar refractivity (Wildman–Crippen MR) is 77.4 cm³/mol. The molecule has 8 heteroatoms. The lowest BCUT2D eigenvalue weighted by atomic mass is 10.2. The van der Waals surface area contributed by atoms with E-state index in [0.29, 0.717) is 0 Å². The minimum atomic E-state index is -0.553. The summed E-state index contributed by atoms with van der Waals surface area (Å²) in [6, 6.07) is 9.10. The van der Waals surface area contributed by atoms with Gasteiger partial charge in [-0.2, -0.15) is 5.10 Å². The van der Waals surface area contributed by atoms with Crippen molar-refractivity contribution in [2.75, 3.05) is 0 Å². The molecule has 1 heterocycles. The van der Waals surface area contributed by atoms with E-state index in [1.54, 1.807) is 18.2 Å². The van der Waals surface area contributed by atoms with Gasteiger partial charge in [0.05, 0.1) is 22.3 Å². The summed E-state index contributed by atoms with van der Waals surface area (Å²) in [4.78, 5) is 25.8. The summed E-state index contributed by atoms with van der Waals surface area (Å²) in [5, 5.41) is 14.6. The maximum absolute atomic E-state index is 11.8. The Morgan fingerprint density at radius 2 is 2.10 bits per heavy atom. The first kappa shape index (κ1) is 14.6. The van der Waals surface area contributed by atoms with Crippen molar-refractivity contribution in [3.05, 3.63) is 69.0 Å². The summed E-state index contributed by atoms with van der Waals surface area (Å²) < 4.78 is 0. The van der Waals surface area contributed by atoms with Gasteiger partial charge in [-0.15, -0.1) is 0 Å². The minimum absolute atomic E-state index is 0.0518. The first-order valence-electron chi connectivity index (χ1n) is 5.77. The molecule has 0 bridgehead atoms. The summed E-state index contributed by atoms with van der Waals surface area (Å²) >= 11 is 5.77. The average molecular weight is 305 g/mol. The standard InChI is InChI=1S/C13H9ClN4O3/c14-12-10(5-3-7-15-12)13(19)17-16-8-9-4-1-2-6-11(9)18(20)21/h1-8H,(H,17,19)/b16-8+. The molecule has 0 fully saturated rings. The Balaban J connectivity index is 2.12. The van der Waals surface area contributed by atoms with Crippen molar-refractivity contribution in [2.24, 2.45) is 5.10 Å². The number of pyridine rings is 1. The first-order chi connectivity index (χ1) is 10.1. The maximum Gasteiger partial charge on any atom is 0.278 e. The van der Waals surface area contributed by atoms with E-state index in [9.17, 15) is 14.9 Å². The number of nitrogens with zero attached hydrogens (tertiary/aromatic N) is 3. The highest BCUT2D eigenvalue weighted by atomic mass is 35.5. The number of carbonyl (C=O) groups excluding carboxylic acids is 1. The Morgan fingerprint density at radius 3 is 2.81 bits per heavy atom. The van der Waals surface area contributed by atoms with Gasteiger partial charge >= 0.3 is 0 Å². The molecule has 0 saturated heterocycles. The number of nitro groups is 1. The van der Waals surface area contributed by atoms with E-state index in [0.717, 1.165) is 0 Å². The molecule has 0 spiro atoms. The van der Waals surface area contributed by atoms with Crippen LogP contribution in [0.5, 0.6) is 0 Å². The zero-order valence-corrected chi connectivity index (χ0v) is 11.3. The average Bonchev–Trinajstić information content (AvgIpc) is 2.48. The molecule has 0 aliphatic heterocycles. The molecule has 0 aliphatic carbocycles. The molecule has 1 amide bonds. The van der Waals surface area contributed by atoms with Crippen LogP contribution >= 0.6 is 11.6 Å². The predicted octanol–water partition coefficient (Wildman–Crippen LogP) is 2.41. The van der Waals surface area contributed by atoms with Crippen LogP contribution in [-0.2, 0) is 0 Å². The number of hydrogen-bond donors (Lipinski definition) is 1. The van der Waals surface area contributed by atoms with Crippen LogP contribution in [0.4, 0.5) is 5.69 Å². The van der Waals surface area contributed by atoms with E-state index in [1.165, 1.54) is 30.6 Å². The fourth-order valence-corrected chi connectivity index (χ4v) is 1.74. The molecule has 1 N–H and O–H groups in total. The first-order valence-corrected chi connectivity index (χ1v) is 6.14. The Hall–Kier alpha value is -2.80. The van der Waals surface area contributed by atoms with E-state index >= 15 is 0 Å². The zero-order valence-electron chi connectivity index (χ0n) is 10.6. The molecule has 0 radical (unpaired) electrons. The smallest absolute Gasteiger partial charge is 0.267 e. The van der Waals surface area contributed by atoms with Gasteiger partial charge in [-0.05, 0) is 18.2 Å². The van der Waals surface area contributed by atoms with Crippen LogP contribution in [0.25, 0.3) is 0 Å². The molecule has 2 aromatic rings. The fourth-order valence-electron chi connectivity index (χ4n) is 1.54. The summed E-state index contributed by atoms with van der Waals surface area (Å²) in [6.45, 7) is 0. The second-order valence-corrected chi connectivity index (χ2v) is 4.21. The highest BCUT2D eigenvalue weighted by Crippen LogP contribution is 2.15. The largest absolute Gasteiger partial charge is 0.278 e. The molecule has 21 heavy (non-hydrogen) atoms. The van der Waals surface area contributed by atoms with Gasteiger partial charge in [-0.1, -0.05) is 23.7 Å². The third-order valence-corrected chi connectivity index (χ3v) is 2.81. The lowest BCUT2D eigenvalue weighted by Gasteiger charge is -2.01. The lowest BCUT2D eigenvalue weighted by Crippen LogP contribution is -2.18. The normalized spacial score (nSPS) is 10.5. The monoisotopic (exact) mass is 304 g/mol. The van der Waals surface area contributed by atoms with Crippen molar-refractivity contribution >= 4 is 29.4 Å². The molecule has 0 aliphatic rings. The van der Waals surface area contributed by atoms with Crippen molar-refractivity contribution < 1.29 is 9.72 Å². The van der Waals surface area contributed by atoms with Crippen molar-refractivity contribution in [2.45, 2.75) is 0 Å². The minimum Gasteiger partial charge on any atom is -0.267 e. The van der Waals surface area contributed by atoms with Gasteiger partial charge < -0.3 is 0 Å². The van der Waals surface area contributed by atoms with Gasteiger partial charge in [-0.25, -0.2) is 10.4 Å². The Bertz CT molecular complexity index is 718. The zero-order chi connectivity index (χ0) is 15.2. The van der Waals surface area contributed by atoms with Crippen LogP contribution < -0.4 is 5.43 Å². The number of halogens is 1. The van der Waals surface area contributed by atoms with E-state index in [2.05, 4.69) is 15.5 Å². The number of hydrogen-bond acceptors (Lipinski definition) is 5. The van der Waals surface area contributed by atoms with Gasteiger partial charge in [-0.3, -0.25) is 14.9 Å². The van der Waals surface area contributed by atoms with Crippen LogP contribution in [0.3, 0.4) is 0 Å². The highest BCUT2D eigenvalue weighted by Gasteiger charge is 2.11. The van der Waals surface area contributed by atoms with Gasteiger partial charge in [0.15, 0.2) is 0 Å². The molecule has 2 rings (SSSR count). The Morgan fingerprint density at radius 1 is 1.33 bits per heavy atom. The number of amides is 1. The lowest BCUT2D eigenvalue weighted by molar-refractivity contribution is -0.385. The van der Waals surface area contributed by atoms with Crippen LogP contribution in [0.1, 0.15) is 15.9 Å². The third-order valence-electron chi connectivity index (χ3n) is 2.51. The number of rotatable bonds is 4. The second-order valence-electron chi connectivity index (χ2n) is 3.86. The quantitative estimate of drug-likeness (QED) is 0.406. The van der Waals surface area contributed by atoms with E-state index in [4.69, 9.17) is 11.6 Å². The third kappa shape index (κ3) is 3.61. The van der Waals surface area contributed by atoms with E-state index in [-0.39, 0.29) is 22.0 Å². The summed E-state index contributed by atoms with van der Waals surface area (Å²) in [5.74, 6) is -0.553. The number of nitrogens with one attached hydrogen (secondary N) is 1. The van der Waals surface area contributed by atoms with Crippen molar-refractivity contribution in [1.82, 2.24) is 10.4 Å². The van der Waals surface area contributed by atoms with Gasteiger partial charge in [0.25, 0.3) is 11.6 Å². The van der Waals surface area contributed by atoms with Crippen LogP contribution in [0, 0.1) is 10.1 Å². The molecular formula is C13H9ClN4O3. The van der Waals surface area contributed by atoms with Crippen molar-refractivity contribution in [1.29, 1.82) is 0 Å². The Labute approximate surface area is 124 Å². The van der Waals surface area contributed by atoms with E-state index < -0.39 is 10.8 Å². The van der Waals surface area contributed by atoms with Gasteiger partial charge in [0, 0.05) is 12.3 Å². The number of aromatic nitrogens is 1. The van der Waals surface area contributed by atoms with Crippen LogP contribution in [-0.4, -0.2) is 22.0 Å². The summed E-state index contributed by atoms with van der Waals surface area (Å²) in [6.07, 6.45) is 2.65. The van der Waals surface area contributed by atoms with Crippen LogP contribution in [0.15, 0.2) is 47.7 Å². The summed E-state index contributed by atoms with van der Waals surface area (Å²) in [7, 11) is 0. The summed E-state index contributed by atoms with van der Waals surface area (Å²) in [5.41, 5.74) is 2.58. The molecule has 0 saturated carbocycles. The molecule has 1 aromatic heterocycles. The number of benzene rings is 1.